The molecular formula is C19H22N2O2S. The molecule has 5 heteroatoms. The van der Waals surface area contributed by atoms with Crippen LogP contribution in [0.15, 0.2) is 53.7 Å². The van der Waals surface area contributed by atoms with Crippen LogP contribution < -0.4 is 0 Å². The van der Waals surface area contributed by atoms with Crippen LogP contribution in [0.2, 0.25) is 0 Å². The van der Waals surface area contributed by atoms with E-state index in [-0.39, 0.29) is 10.6 Å². The highest BCUT2D eigenvalue weighted by molar-refractivity contribution is 7.90. The highest BCUT2D eigenvalue weighted by Crippen LogP contribution is 2.24. The Kier molecular flexibility index (Phi) is 4.00. The number of nitrogens with zero attached hydrogens (tertiary/aromatic N) is 2. The van der Waals surface area contributed by atoms with Crippen LogP contribution in [0.25, 0.3) is 11.0 Å². The lowest BCUT2D eigenvalue weighted by Gasteiger charge is -2.19. The maximum Gasteiger partial charge on any atom is 0.228 e. The summed E-state index contributed by atoms with van der Waals surface area (Å²) in [5.74, 6) is 0. The summed E-state index contributed by atoms with van der Waals surface area (Å²) in [5, 5.41) is 0.114. The number of aromatic nitrogens is 2. The van der Waals surface area contributed by atoms with Gasteiger partial charge in [-0.15, -0.1) is 0 Å². The zero-order valence-electron chi connectivity index (χ0n) is 14.4. The number of sulfone groups is 1. The molecule has 0 spiro atoms. The van der Waals surface area contributed by atoms with E-state index in [1.165, 1.54) is 11.8 Å². The van der Waals surface area contributed by atoms with Gasteiger partial charge in [0.15, 0.2) is 0 Å². The zero-order valence-corrected chi connectivity index (χ0v) is 15.3. The third-order valence-corrected chi connectivity index (χ3v) is 5.09. The van der Waals surface area contributed by atoms with Gasteiger partial charge >= 0.3 is 0 Å². The normalized spacial score (nSPS) is 12.7. The molecule has 1 aromatic heterocycles. The molecule has 24 heavy (non-hydrogen) atoms. The van der Waals surface area contributed by atoms with Crippen LogP contribution in [0.1, 0.15) is 31.9 Å². The molecule has 2 aromatic carbocycles. The molecule has 3 rings (SSSR count). The minimum Gasteiger partial charge on any atom is -0.310 e. The van der Waals surface area contributed by atoms with Crippen LogP contribution >= 0.6 is 0 Å². The van der Waals surface area contributed by atoms with Crippen molar-refractivity contribution in [2.24, 2.45) is 0 Å². The molecule has 0 unspecified atom stereocenters. The van der Waals surface area contributed by atoms with Crippen molar-refractivity contribution >= 4 is 20.9 Å². The summed E-state index contributed by atoms with van der Waals surface area (Å²) in [6.07, 6.45) is 1.20. The molecule has 0 aliphatic rings. The van der Waals surface area contributed by atoms with E-state index in [4.69, 9.17) is 0 Å². The number of fused-ring (bicyclic) bond motifs is 1. The fraction of sp³-hybridized carbons (Fsp3) is 0.316. The molecule has 4 nitrogen and oxygen atoms in total. The molecule has 0 saturated heterocycles. The SMILES string of the molecule is CC(C)(C)c1ccc(Cn2c(S(C)(=O)=O)nc3ccccc32)cc1. The average molecular weight is 342 g/mol. The average Bonchev–Trinajstić information content (AvgIpc) is 2.86. The molecule has 0 bridgehead atoms. The van der Waals surface area contributed by atoms with E-state index in [0.29, 0.717) is 12.1 Å². The van der Waals surface area contributed by atoms with E-state index in [0.717, 1.165) is 11.1 Å². The number of imidazole rings is 1. The van der Waals surface area contributed by atoms with Gasteiger partial charge in [0, 0.05) is 6.26 Å². The molecule has 3 aromatic rings. The third-order valence-electron chi connectivity index (χ3n) is 4.11. The van der Waals surface area contributed by atoms with Gasteiger partial charge in [-0.3, -0.25) is 0 Å². The van der Waals surface area contributed by atoms with Gasteiger partial charge in [-0.2, -0.15) is 0 Å². The van der Waals surface area contributed by atoms with Crippen molar-refractivity contribution < 1.29 is 8.42 Å². The number of para-hydroxylation sites is 2. The zero-order chi connectivity index (χ0) is 17.5. The largest absolute Gasteiger partial charge is 0.310 e. The number of benzene rings is 2. The highest BCUT2D eigenvalue weighted by Gasteiger charge is 2.19. The first-order valence-corrected chi connectivity index (χ1v) is 9.80. The Morgan fingerprint density at radius 2 is 1.62 bits per heavy atom. The van der Waals surface area contributed by atoms with Gasteiger partial charge in [0.1, 0.15) is 0 Å². The maximum atomic E-state index is 12.1. The van der Waals surface area contributed by atoms with E-state index < -0.39 is 9.84 Å². The van der Waals surface area contributed by atoms with Gasteiger partial charge in [-0.05, 0) is 28.7 Å². The molecule has 0 saturated carbocycles. The first-order chi connectivity index (χ1) is 11.2. The van der Waals surface area contributed by atoms with Crippen LogP contribution in [0.5, 0.6) is 0 Å². The van der Waals surface area contributed by atoms with E-state index in [9.17, 15) is 8.42 Å². The van der Waals surface area contributed by atoms with Gasteiger partial charge < -0.3 is 4.57 Å². The maximum absolute atomic E-state index is 12.1. The van der Waals surface area contributed by atoms with Gasteiger partial charge in [0.05, 0.1) is 17.6 Å². The molecule has 0 amide bonds. The Labute approximate surface area is 143 Å². The van der Waals surface area contributed by atoms with Crippen molar-refractivity contribution in [3.8, 4) is 0 Å². The van der Waals surface area contributed by atoms with Crippen LogP contribution in [-0.4, -0.2) is 24.2 Å². The number of hydrogen-bond donors (Lipinski definition) is 0. The lowest BCUT2D eigenvalue weighted by atomic mass is 9.87. The monoisotopic (exact) mass is 342 g/mol. The van der Waals surface area contributed by atoms with Gasteiger partial charge in [-0.25, -0.2) is 13.4 Å². The van der Waals surface area contributed by atoms with Gasteiger partial charge in [0.25, 0.3) is 0 Å². The molecular weight excluding hydrogens is 320 g/mol. The Hall–Kier alpha value is -2.14. The van der Waals surface area contributed by atoms with Crippen molar-refractivity contribution in [1.29, 1.82) is 0 Å². The van der Waals surface area contributed by atoms with Crippen LogP contribution in [0.3, 0.4) is 0 Å². The first-order valence-electron chi connectivity index (χ1n) is 7.91. The smallest absolute Gasteiger partial charge is 0.228 e. The molecule has 0 radical (unpaired) electrons. The molecule has 1 heterocycles. The van der Waals surface area contributed by atoms with E-state index in [1.54, 1.807) is 4.57 Å². The summed E-state index contributed by atoms with van der Waals surface area (Å²) in [5.41, 5.74) is 3.93. The van der Waals surface area contributed by atoms with E-state index in [1.807, 2.05) is 24.3 Å². The first kappa shape index (κ1) is 16.7. The molecule has 0 atom stereocenters. The van der Waals surface area contributed by atoms with Crippen molar-refractivity contribution in [2.75, 3.05) is 6.26 Å². The Balaban J connectivity index is 2.06. The minimum atomic E-state index is -3.39. The predicted molar refractivity (Wildman–Crippen MR) is 97.1 cm³/mol. The van der Waals surface area contributed by atoms with Crippen molar-refractivity contribution in [2.45, 2.75) is 37.9 Å². The number of rotatable bonds is 3. The van der Waals surface area contributed by atoms with Gasteiger partial charge in [-0.1, -0.05) is 57.2 Å². The van der Waals surface area contributed by atoms with Crippen molar-refractivity contribution in [1.82, 2.24) is 9.55 Å². The second kappa shape index (κ2) is 5.74. The molecule has 0 aliphatic heterocycles. The Morgan fingerprint density at radius 1 is 1.00 bits per heavy atom. The second-order valence-electron chi connectivity index (χ2n) is 7.19. The molecule has 0 N–H and O–H groups in total. The third kappa shape index (κ3) is 3.22. The summed E-state index contributed by atoms with van der Waals surface area (Å²) in [4.78, 5) is 4.31. The molecule has 126 valence electrons. The highest BCUT2D eigenvalue weighted by atomic mass is 32.2. The molecule has 0 fully saturated rings. The lowest BCUT2D eigenvalue weighted by Crippen LogP contribution is -2.12. The topological polar surface area (TPSA) is 52.0 Å². The lowest BCUT2D eigenvalue weighted by molar-refractivity contribution is 0.581. The number of hydrogen-bond acceptors (Lipinski definition) is 3. The van der Waals surface area contributed by atoms with Crippen molar-refractivity contribution in [3.63, 3.8) is 0 Å². The predicted octanol–water partition coefficient (Wildman–Crippen LogP) is 3.79. The minimum absolute atomic E-state index is 0.0954. The quantitative estimate of drug-likeness (QED) is 0.728. The fourth-order valence-corrected chi connectivity index (χ4v) is 3.61. The fourth-order valence-electron chi connectivity index (χ4n) is 2.78. The van der Waals surface area contributed by atoms with Crippen molar-refractivity contribution in [3.05, 3.63) is 59.7 Å². The summed E-state index contributed by atoms with van der Waals surface area (Å²) < 4.78 is 26.0. The Morgan fingerprint density at radius 3 is 2.21 bits per heavy atom. The second-order valence-corrected chi connectivity index (χ2v) is 9.10. The summed E-state index contributed by atoms with van der Waals surface area (Å²) in [6.45, 7) is 7.00. The van der Waals surface area contributed by atoms with Crippen LogP contribution in [-0.2, 0) is 21.8 Å². The van der Waals surface area contributed by atoms with E-state index in [2.05, 4.69) is 50.0 Å². The Bertz CT molecular complexity index is 978. The summed E-state index contributed by atoms with van der Waals surface area (Å²) in [7, 11) is -3.39. The standard InChI is InChI=1S/C19H22N2O2S/c1-19(2,3)15-11-9-14(10-12-15)13-21-17-8-6-5-7-16(17)20-18(21)24(4,22)23/h5-12H,13H2,1-4H3. The van der Waals surface area contributed by atoms with Gasteiger partial charge in [0.2, 0.25) is 15.0 Å². The molecule has 0 aliphatic carbocycles. The van der Waals surface area contributed by atoms with E-state index >= 15 is 0 Å². The summed E-state index contributed by atoms with van der Waals surface area (Å²) in [6, 6.07) is 15.8. The van der Waals surface area contributed by atoms with Crippen LogP contribution in [0.4, 0.5) is 0 Å². The van der Waals surface area contributed by atoms with Crippen LogP contribution in [0, 0.1) is 0 Å². The summed E-state index contributed by atoms with van der Waals surface area (Å²) >= 11 is 0.